The summed E-state index contributed by atoms with van der Waals surface area (Å²) in [6, 6.07) is 7.84. The zero-order chi connectivity index (χ0) is 11.3. The van der Waals surface area contributed by atoms with Crippen LogP contribution in [0.2, 0.25) is 0 Å². The van der Waals surface area contributed by atoms with Crippen LogP contribution in [0, 0.1) is 0 Å². The van der Waals surface area contributed by atoms with Crippen LogP contribution in [-0.2, 0) is 19.1 Å². The van der Waals surface area contributed by atoms with Gasteiger partial charge in [0.1, 0.15) is 5.78 Å². The van der Waals surface area contributed by atoms with Gasteiger partial charge in [0.05, 0.1) is 11.5 Å². The highest BCUT2D eigenvalue weighted by atomic mass is 32.2. The molecule has 0 aromatic heterocycles. The second kappa shape index (κ2) is 5.04. The maximum absolute atomic E-state index is 11.5. The minimum absolute atomic E-state index is 0.0988. The van der Waals surface area contributed by atoms with E-state index in [0.29, 0.717) is 0 Å². The highest BCUT2D eigenvalue weighted by Crippen LogP contribution is 2.11. The fraction of sp³-hybridized carbons (Fsp3) is 0.300. The molecule has 0 unspecified atom stereocenters. The van der Waals surface area contributed by atoms with Crippen LogP contribution in [-0.4, -0.2) is 20.8 Å². The van der Waals surface area contributed by atoms with Gasteiger partial charge in [0, 0.05) is 6.42 Å². The fourth-order valence-electron chi connectivity index (χ4n) is 0.950. The molecule has 15 heavy (non-hydrogen) atoms. The van der Waals surface area contributed by atoms with E-state index in [-0.39, 0.29) is 23.7 Å². The van der Waals surface area contributed by atoms with Crippen molar-refractivity contribution in [1.29, 1.82) is 0 Å². The van der Waals surface area contributed by atoms with Crippen molar-refractivity contribution in [3.05, 3.63) is 30.3 Å². The molecule has 0 radical (unpaired) electrons. The summed E-state index contributed by atoms with van der Waals surface area (Å²) in [6.07, 6.45) is 0.103. The topological polar surface area (TPSA) is 60.4 Å². The Morgan fingerprint density at radius 3 is 2.40 bits per heavy atom. The second-order valence-electron chi connectivity index (χ2n) is 3.04. The zero-order valence-electron chi connectivity index (χ0n) is 8.34. The van der Waals surface area contributed by atoms with Crippen LogP contribution in [0.15, 0.2) is 35.2 Å². The summed E-state index contributed by atoms with van der Waals surface area (Å²) >= 11 is 0. The Morgan fingerprint density at radius 2 is 1.87 bits per heavy atom. The van der Waals surface area contributed by atoms with Gasteiger partial charge in [0.25, 0.3) is 10.1 Å². The average Bonchev–Trinajstić information content (AvgIpc) is 2.18. The number of ketones is 1. The number of rotatable bonds is 5. The van der Waals surface area contributed by atoms with Crippen LogP contribution in [0.25, 0.3) is 0 Å². The first-order chi connectivity index (χ1) is 7.02. The first-order valence-corrected chi connectivity index (χ1v) is 5.87. The Hall–Kier alpha value is -1.20. The summed E-state index contributed by atoms with van der Waals surface area (Å²) in [6.45, 7) is 1.28. The lowest BCUT2D eigenvalue weighted by Crippen LogP contribution is -2.09. The SMILES string of the molecule is CC(=O)CCOS(=O)(=O)c1ccccc1. The van der Waals surface area contributed by atoms with Gasteiger partial charge in [0.2, 0.25) is 0 Å². The van der Waals surface area contributed by atoms with E-state index in [0.717, 1.165) is 0 Å². The molecule has 5 heteroatoms. The molecule has 1 aromatic carbocycles. The third-order valence-electron chi connectivity index (χ3n) is 1.72. The van der Waals surface area contributed by atoms with E-state index in [1.807, 2.05) is 0 Å². The van der Waals surface area contributed by atoms with Crippen LogP contribution in [0.4, 0.5) is 0 Å². The van der Waals surface area contributed by atoms with Gasteiger partial charge in [-0.2, -0.15) is 8.42 Å². The van der Waals surface area contributed by atoms with Crippen molar-refractivity contribution in [1.82, 2.24) is 0 Å². The summed E-state index contributed by atoms with van der Waals surface area (Å²) in [4.78, 5) is 10.7. The molecular weight excluding hydrogens is 216 g/mol. The molecule has 0 atom stereocenters. The minimum atomic E-state index is -3.71. The van der Waals surface area contributed by atoms with Crippen molar-refractivity contribution in [2.45, 2.75) is 18.2 Å². The molecular formula is C10H12O4S. The molecule has 0 aliphatic carbocycles. The molecule has 1 rings (SSSR count). The number of carbonyl (C=O) groups is 1. The van der Waals surface area contributed by atoms with E-state index < -0.39 is 10.1 Å². The highest BCUT2D eigenvalue weighted by molar-refractivity contribution is 7.86. The number of hydrogen-bond acceptors (Lipinski definition) is 4. The minimum Gasteiger partial charge on any atom is -0.300 e. The largest absolute Gasteiger partial charge is 0.300 e. The molecule has 4 nitrogen and oxygen atoms in total. The van der Waals surface area contributed by atoms with Crippen LogP contribution >= 0.6 is 0 Å². The van der Waals surface area contributed by atoms with E-state index in [2.05, 4.69) is 4.18 Å². The molecule has 0 aliphatic rings. The first-order valence-electron chi connectivity index (χ1n) is 4.46. The van der Waals surface area contributed by atoms with Crippen molar-refractivity contribution >= 4 is 15.9 Å². The summed E-state index contributed by atoms with van der Waals surface area (Å²) in [5.74, 6) is -0.0988. The maximum Gasteiger partial charge on any atom is 0.296 e. The van der Waals surface area contributed by atoms with Crippen LogP contribution in [0.3, 0.4) is 0 Å². The lowest BCUT2D eigenvalue weighted by molar-refractivity contribution is -0.117. The lowest BCUT2D eigenvalue weighted by atomic mass is 10.3. The molecule has 0 N–H and O–H groups in total. The average molecular weight is 228 g/mol. The van der Waals surface area contributed by atoms with Crippen LogP contribution < -0.4 is 0 Å². The molecule has 1 aromatic rings. The van der Waals surface area contributed by atoms with Gasteiger partial charge >= 0.3 is 0 Å². The van der Waals surface area contributed by atoms with E-state index in [1.165, 1.54) is 19.1 Å². The molecule has 0 spiro atoms. The van der Waals surface area contributed by atoms with Crippen molar-refractivity contribution in [2.75, 3.05) is 6.61 Å². The zero-order valence-corrected chi connectivity index (χ0v) is 9.16. The van der Waals surface area contributed by atoms with Gasteiger partial charge in [0.15, 0.2) is 0 Å². The summed E-state index contributed by atoms with van der Waals surface area (Å²) in [5.41, 5.74) is 0. The van der Waals surface area contributed by atoms with Gasteiger partial charge in [-0.3, -0.25) is 8.98 Å². The van der Waals surface area contributed by atoms with Crippen molar-refractivity contribution in [2.24, 2.45) is 0 Å². The Balaban J connectivity index is 2.65. The molecule has 0 fully saturated rings. The standard InChI is InChI=1S/C10H12O4S/c1-9(11)7-8-14-15(12,13)10-5-3-2-4-6-10/h2-6H,7-8H2,1H3. The van der Waals surface area contributed by atoms with Gasteiger partial charge in [-0.15, -0.1) is 0 Å². The van der Waals surface area contributed by atoms with Crippen LogP contribution in [0.5, 0.6) is 0 Å². The van der Waals surface area contributed by atoms with Gasteiger partial charge in [-0.1, -0.05) is 18.2 Å². The molecule has 0 aliphatic heterocycles. The Kier molecular flexibility index (Phi) is 3.99. The highest BCUT2D eigenvalue weighted by Gasteiger charge is 2.14. The molecule has 0 heterocycles. The quantitative estimate of drug-likeness (QED) is 0.714. The summed E-state index contributed by atoms with van der Waals surface area (Å²) < 4.78 is 27.6. The predicted molar refractivity (Wildman–Crippen MR) is 54.9 cm³/mol. The number of benzene rings is 1. The van der Waals surface area contributed by atoms with Gasteiger partial charge in [-0.25, -0.2) is 0 Å². The third-order valence-corrected chi connectivity index (χ3v) is 3.05. The molecule has 0 amide bonds. The van der Waals surface area contributed by atoms with Crippen molar-refractivity contribution in [3.8, 4) is 0 Å². The fourth-order valence-corrected chi connectivity index (χ4v) is 1.88. The number of hydrogen-bond donors (Lipinski definition) is 0. The van der Waals surface area contributed by atoms with Gasteiger partial charge < -0.3 is 0 Å². The Bertz CT molecular complexity index is 422. The number of carbonyl (C=O) groups excluding carboxylic acids is 1. The second-order valence-corrected chi connectivity index (χ2v) is 4.66. The molecule has 0 bridgehead atoms. The van der Waals surface area contributed by atoms with Crippen LogP contribution in [0.1, 0.15) is 13.3 Å². The van der Waals surface area contributed by atoms with E-state index in [1.54, 1.807) is 18.2 Å². The third kappa shape index (κ3) is 3.81. The smallest absolute Gasteiger partial charge is 0.296 e. The Labute approximate surface area is 89.0 Å². The van der Waals surface area contributed by atoms with E-state index in [4.69, 9.17) is 0 Å². The molecule has 82 valence electrons. The normalized spacial score (nSPS) is 11.3. The van der Waals surface area contributed by atoms with E-state index in [9.17, 15) is 13.2 Å². The lowest BCUT2D eigenvalue weighted by Gasteiger charge is -2.03. The maximum atomic E-state index is 11.5. The van der Waals surface area contributed by atoms with Crippen molar-refractivity contribution < 1.29 is 17.4 Å². The number of Topliss-reactive ketones (excluding diaryl/α,β-unsaturated/α-hetero) is 1. The predicted octanol–water partition coefficient (Wildman–Crippen LogP) is 1.37. The monoisotopic (exact) mass is 228 g/mol. The molecule has 0 saturated heterocycles. The summed E-state index contributed by atoms with van der Waals surface area (Å²) in [7, 11) is -3.71. The first kappa shape index (κ1) is 11.9. The molecule has 0 saturated carbocycles. The van der Waals surface area contributed by atoms with Crippen molar-refractivity contribution in [3.63, 3.8) is 0 Å². The van der Waals surface area contributed by atoms with E-state index >= 15 is 0 Å². The van der Waals surface area contributed by atoms with Gasteiger partial charge in [-0.05, 0) is 19.1 Å². The summed E-state index contributed by atoms with van der Waals surface area (Å²) in [5, 5.41) is 0. The Morgan fingerprint density at radius 1 is 1.27 bits per heavy atom.